The molecular weight excluding hydrogens is 611 g/mol. The molecule has 2 aromatic carbocycles. The Balaban J connectivity index is 1.89. The van der Waals surface area contributed by atoms with Crippen LogP contribution in [0.3, 0.4) is 0 Å². The zero-order valence-corrected chi connectivity index (χ0v) is 24.8. The fraction of sp³-hybridized carbons (Fsp3) is 0.345. The van der Waals surface area contributed by atoms with Crippen LogP contribution in [0.2, 0.25) is 0 Å². The topological polar surface area (TPSA) is 102 Å². The number of alkyl halides is 3. The normalized spacial score (nSPS) is 16.3. The number of hydroxylamine groups is 1. The molecule has 0 bridgehead atoms. The zero-order valence-electron chi connectivity index (χ0n) is 24.0. The summed E-state index contributed by atoms with van der Waals surface area (Å²) in [4.78, 5) is 45.8. The average Bonchev–Trinajstić information content (AvgIpc) is 3.20. The number of anilines is 1. The first-order valence-corrected chi connectivity index (χ1v) is 14.6. The lowest BCUT2D eigenvalue weighted by atomic mass is 9.97. The summed E-state index contributed by atoms with van der Waals surface area (Å²) in [6, 6.07) is 10.2. The summed E-state index contributed by atoms with van der Waals surface area (Å²) in [5, 5.41) is 1.63. The maximum atomic E-state index is 14.6. The SMILES string of the molecule is COCCN(C)Cn1c(-c2ccc(NC(=O)NOC)cc2)cc2c(c1=O)C(CC(F)(F)F)C(=O)[S+]2Cc1c(F)cccc1F. The quantitative estimate of drug-likeness (QED) is 0.178. The molecule has 0 spiro atoms. The van der Waals surface area contributed by atoms with Crippen LogP contribution in [-0.4, -0.2) is 61.2 Å². The van der Waals surface area contributed by atoms with Gasteiger partial charge in [0, 0.05) is 25.4 Å². The van der Waals surface area contributed by atoms with Gasteiger partial charge in [0.2, 0.25) is 0 Å². The second-order valence-corrected chi connectivity index (χ2v) is 11.9. The molecular formula is C29H30F5N4O5S+. The lowest BCUT2D eigenvalue weighted by Crippen LogP contribution is -2.35. The monoisotopic (exact) mass is 641 g/mol. The molecule has 2 unspecified atom stereocenters. The van der Waals surface area contributed by atoms with Crippen LogP contribution in [0.25, 0.3) is 11.3 Å². The molecule has 1 aliphatic rings. The molecule has 2 amide bonds. The Kier molecular flexibility index (Phi) is 10.4. The molecule has 2 atom stereocenters. The van der Waals surface area contributed by atoms with Crippen molar-refractivity contribution in [1.82, 2.24) is 14.9 Å². The van der Waals surface area contributed by atoms with E-state index in [9.17, 15) is 36.3 Å². The van der Waals surface area contributed by atoms with Crippen molar-refractivity contribution in [3.05, 3.63) is 81.6 Å². The van der Waals surface area contributed by atoms with Crippen molar-refractivity contribution < 1.29 is 41.1 Å². The number of benzene rings is 2. The minimum Gasteiger partial charge on any atom is -0.383 e. The summed E-state index contributed by atoms with van der Waals surface area (Å²) in [6.45, 7) is 0.616. The Hall–Kier alpha value is -3.79. The Morgan fingerprint density at radius 2 is 1.73 bits per heavy atom. The lowest BCUT2D eigenvalue weighted by molar-refractivity contribution is -0.144. The number of amides is 2. The summed E-state index contributed by atoms with van der Waals surface area (Å²) in [6.07, 6.45) is -6.37. The van der Waals surface area contributed by atoms with Gasteiger partial charge in [0.25, 0.3) is 5.56 Å². The van der Waals surface area contributed by atoms with Gasteiger partial charge in [0.05, 0.1) is 43.6 Å². The van der Waals surface area contributed by atoms with Gasteiger partial charge in [-0.25, -0.2) is 23.9 Å². The molecule has 44 heavy (non-hydrogen) atoms. The van der Waals surface area contributed by atoms with Gasteiger partial charge in [-0.3, -0.25) is 19.1 Å². The molecule has 1 aliphatic heterocycles. The van der Waals surface area contributed by atoms with Crippen LogP contribution >= 0.6 is 0 Å². The van der Waals surface area contributed by atoms with Crippen LogP contribution in [0.15, 0.2) is 58.2 Å². The lowest BCUT2D eigenvalue weighted by Gasteiger charge is -2.22. The van der Waals surface area contributed by atoms with Gasteiger partial charge in [0.1, 0.15) is 28.4 Å². The van der Waals surface area contributed by atoms with Crippen molar-refractivity contribution in [2.45, 2.75) is 35.8 Å². The van der Waals surface area contributed by atoms with E-state index in [1.54, 1.807) is 24.1 Å². The maximum Gasteiger partial charge on any atom is 0.390 e. The molecule has 0 saturated carbocycles. The molecule has 2 N–H and O–H groups in total. The summed E-state index contributed by atoms with van der Waals surface area (Å²) in [7, 11) is 2.68. The third-order valence-corrected chi connectivity index (χ3v) is 9.14. The fourth-order valence-corrected chi connectivity index (χ4v) is 7.23. The molecule has 0 saturated heterocycles. The summed E-state index contributed by atoms with van der Waals surface area (Å²) in [5.41, 5.74) is 1.59. The van der Waals surface area contributed by atoms with Crippen molar-refractivity contribution in [2.75, 3.05) is 39.7 Å². The van der Waals surface area contributed by atoms with Crippen LogP contribution in [0.4, 0.5) is 32.4 Å². The van der Waals surface area contributed by atoms with Gasteiger partial charge in [-0.2, -0.15) is 13.2 Å². The molecule has 2 heterocycles. The highest BCUT2D eigenvalue weighted by Crippen LogP contribution is 2.44. The molecule has 15 heteroatoms. The average molecular weight is 642 g/mol. The van der Waals surface area contributed by atoms with Crippen LogP contribution in [0, 0.1) is 11.6 Å². The van der Waals surface area contributed by atoms with E-state index in [0.717, 1.165) is 18.2 Å². The minimum atomic E-state index is -4.79. The van der Waals surface area contributed by atoms with E-state index in [1.165, 1.54) is 37.0 Å². The summed E-state index contributed by atoms with van der Waals surface area (Å²) < 4.78 is 76.8. The number of fused-ring (bicyclic) bond motifs is 1. The highest BCUT2D eigenvalue weighted by atomic mass is 32.2. The van der Waals surface area contributed by atoms with Gasteiger partial charge in [0.15, 0.2) is 10.6 Å². The summed E-state index contributed by atoms with van der Waals surface area (Å²) >= 11 is 0. The maximum absolute atomic E-state index is 14.6. The standard InChI is InChI=1S/C29H29F5N4O5S/c1-37(11-12-42-2)16-38-23(17-7-9-18(10-8-17)35-28(41)36-43-3)13-24-25(26(38)39)19(14-29(32,33)34)27(40)44(24)15-20-21(30)5-4-6-22(20)31/h4-10,13,19H,11-12,14-16H2,1-3H3,(H-,35,36,39,41)/p+1. The molecule has 0 radical (unpaired) electrons. The van der Waals surface area contributed by atoms with Crippen molar-refractivity contribution >= 4 is 27.7 Å². The van der Waals surface area contributed by atoms with Crippen molar-refractivity contribution in [1.29, 1.82) is 0 Å². The smallest absolute Gasteiger partial charge is 0.383 e. The number of aromatic nitrogens is 1. The Labute approximate surface area is 252 Å². The van der Waals surface area contributed by atoms with E-state index in [1.807, 2.05) is 0 Å². The number of carbonyl (C=O) groups excluding carboxylic acids is 2. The number of likely N-dealkylation sites (N-methyl/N-ethyl adjacent to an activating group) is 1. The van der Waals surface area contributed by atoms with E-state index in [0.29, 0.717) is 24.4 Å². The number of rotatable bonds is 11. The third kappa shape index (κ3) is 7.46. The van der Waals surface area contributed by atoms with Crippen molar-refractivity contribution in [3.8, 4) is 11.3 Å². The Morgan fingerprint density at radius 1 is 1.07 bits per heavy atom. The van der Waals surface area contributed by atoms with Crippen molar-refractivity contribution in [3.63, 3.8) is 0 Å². The first-order valence-electron chi connectivity index (χ1n) is 13.2. The molecule has 9 nitrogen and oxygen atoms in total. The predicted octanol–water partition coefficient (Wildman–Crippen LogP) is 4.77. The number of methoxy groups -OCH3 is 1. The molecule has 236 valence electrons. The van der Waals surface area contributed by atoms with E-state index in [-0.39, 0.29) is 22.8 Å². The van der Waals surface area contributed by atoms with Gasteiger partial charge in [-0.15, -0.1) is 0 Å². The zero-order chi connectivity index (χ0) is 32.2. The summed E-state index contributed by atoms with van der Waals surface area (Å²) in [5.74, 6) is -4.25. The molecule has 3 aromatic rings. The molecule has 1 aromatic heterocycles. The van der Waals surface area contributed by atoms with Gasteiger partial charge in [-0.1, -0.05) is 18.2 Å². The van der Waals surface area contributed by atoms with Crippen LogP contribution in [0.1, 0.15) is 23.5 Å². The van der Waals surface area contributed by atoms with Crippen LogP contribution in [0.5, 0.6) is 0 Å². The number of nitrogens with one attached hydrogen (secondary N) is 2. The highest BCUT2D eigenvalue weighted by Gasteiger charge is 2.55. The van der Waals surface area contributed by atoms with Crippen molar-refractivity contribution in [2.24, 2.45) is 0 Å². The largest absolute Gasteiger partial charge is 0.390 e. The number of urea groups is 1. The van der Waals surface area contributed by atoms with Crippen LogP contribution < -0.4 is 16.4 Å². The predicted molar refractivity (Wildman–Crippen MR) is 154 cm³/mol. The van der Waals surface area contributed by atoms with E-state index >= 15 is 0 Å². The first-order chi connectivity index (χ1) is 20.8. The Bertz CT molecular complexity index is 1560. The second-order valence-electron chi connectivity index (χ2n) is 10.0. The Morgan fingerprint density at radius 3 is 2.32 bits per heavy atom. The van der Waals surface area contributed by atoms with E-state index in [2.05, 4.69) is 15.6 Å². The minimum absolute atomic E-state index is 0.0179. The molecule has 0 aliphatic carbocycles. The number of ether oxygens (including phenoxy) is 1. The van der Waals surface area contributed by atoms with Crippen LogP contribution in [-0.2, 0) is 37.7 Å². The third-order valence-electron chi connectivity index (χ3n) is 6.92. The highest BCUT2D eigenvalue weighted by molar-refractivity contribution is 8.10. The number of nitrogens with zero attached hydrogens (tertiary/aromatic N) is 2. The number of pyridine rings is 1. The number of carbonyl (C=O) groups is 2. The number of hydrogen-bond donors (Lipinski definition) is 2. The van der Waals surface area contributed by atoms with Gasteiger partial charge < -0.3 is 10.1 Å². The number of hydrogen-bond acceptors (Lipinski definition) is 6. The number of halogens is 5. The van der Waals surface area contributed by atoms with Gasteiger partial charge >= 0.3 is 17.3 Å². The van der Waals surface area contributed by atoms with Gasteiger partial charge in [-0.05, 0) is 36.9 Å². The molecule has 0 fully saturated rings. The van der Waals surface area contributed by atoms with E-state index in [4.69, 9.17) is 4.74 Å². The first kappa shape index (κ1) is 33.1. The second kappa shape index (κ2) is 13.9. The van der Waals surface area contributed by atoms with E-state index < -0.39 is 69.1 Å². The molecule has 4 rings (SSSR count). The fourth-order valence-electron chi connectivity index (χ4n) is 4.86.